The van der Waals surface area contributed by atoms with Crippen LogP contribution in [0.25, 0.3) is 33.4 Å². The lowest BCUT2D eigenvalue weighted by Crippen LogP contribution is -2.34. The third-order valence-corrected chi connectivity index (χ3v) is 5.15. The molecule has 8 heteroatoms. The van der Waals surface area contributed by atoms with Gasteiger partial charge in [-0.05, 0) is 37.1 Å². The summed E-state index contributed by atoms with van der Waals surface area (Å²) in [6, 6.07) is 5.26. The van der Waals surface area contributed by atoms with Crippen molar-refractivity contribution in [3.05, 3.63) is 36.4 Å². The molecule has 4 aromatic rings. The van der Waals surface area contributed by atoms with Crippen LogP contribution in [0.4, 0.5) is 0 Å². The molecule has 138 valence electrons. The number of aromatic nitrogens is 4. The minimum Gasteiger partial charge on any atom is -0.506 e. The molecule has 0 saturated carbocycles. The fourth-order valence-corrected chi connectivity index (χ4v) is 3.78. The van der Waals surface area contributed by atoms with Crippen molar-refractivity contribution in [1.82, 2.24) is 19.7 Å². The summed E-state index contributed by atoms with van der Waals surface area (Å²) >= 11 is 0. The van der Waals surface area contributed by atoms with Gasteiger partial charge in [-0.15, -0.1) is 10.2 Å². The summed E-state index contributed by atoms with van der Waals surface area (Å²) in [4.78, 5) is 4.43. The molecule has 0 radical (unpaired) electrons. The quantitative estimate of drug-likeness (QED) is 0.561. The van der Waals surface area contributed by atoms with Crippen LogP contribution in [0.5, 0.6) is 5.75 Å². The fraction of sp³-hybridized carbons (Fsp3) is 0.316. The Hall–Kier alpha value is -2.97. The van der Waals surface area contributed by atoms with Crippen molar-refractivity contribution in [2.45, 2.75) is 25.5 Å². The lowest BCUT2D eigenvalue weighted by Gasteiger charge is -2.28. The summed E-state index contributed by atoms with van der Waals surface area (Å²) in [5.74, 6) is 0.117. The van der Waals surface area contributed by atoms with Crippen molar-refractivity contribution >= 4 is 22.1 Å². The van der Waals surface area contributed by atoms with Crippen molar-refractivity contribution in [1.29, 1.82) is 0 Å². The van der Waals surface area contributed by atoms with Crippen LogP contribution in [-0.2, 0) is 4.74 Å². The zero-order chi connectivity index (χ0) is 18.5. The number of nitrogens with zero attached hydrogens (tertiary/aromatic N) is 4. The first kappa shape index (κ1) is 16.2. The Balaban J connectivity index is 1.62. The molecular formula is C19H18N4O4. The van der Waals surface area contributed by atoms with Crippen molar-refractivity contribution in [3.63, 3.8) is 0 Å². The van der Waals surface area contributed by atoms with E-state index < -0.39 is 6.10 Å². The number of ether oxygens (including phenoxy) is 1. The molecule has 27 heavy (non-hydrogen) atoms. The van der Waals surface area contributed by atoms with Gasteiger partial charge in [-0.3, -0.25) is 0 Å². The van der Waals surface area contributed by atoms with Crippen molar-refractivity contribution in [2.75, 3.05) is 13.2 Å². The van der Waals surface area contributed by atoms with Crippen LogP contribution in [0.3, 0.4) is 0 Å². The van der Waals surface area contributed by atoms with Crippen molar-refractivity contribution in [3.8, 4) is 17.0 Å². The highest BCUT2D eigenvalue weighted by Gasteiger charge is 2.27. The summed E-state index contributed by atoms with van der Waals surface area (Å²) in [5, 5.41) is 30.2. The maximum Gasteiger partial charge on any atom is 0.182 e. The number of aromatic hydroxyl groups is 1. The van der Waals surface area contributed by atoms with Gasteiger partial charge in [0, 0.05) is 12.2 Å². The van der Waals surface area contributed by atoms with Gasteiger partial charge in [-0.1, -0.05) is 0 Å². The Kier molecular flexibility index (Phi) is 3.63. The second-order valence-electron chi connectivity index (χ2n) is 6.84. The highest BCUT2D eigenvalue weighted by Crippen LogP contribution is 2.39. The number of aliphatic hydroxyl groups excluding tert-OH is 1. The number of aliphatic hydroxyl groups is 1. The number of furan rings is 1. The average Bonchev–Trinajstić information content (AvgIpc) is 3.29. The zero-order valence-corrected chi connectivity index (χ0v) is 14.7. The maximum absolute atomic E-state index is 10.7. The Morgan fingerprint density at radius 1 is 1.26 bits per heavy atom. The number of rotatable bonds is 2. The molecule has 1 fully saturated rings. The predicted octanol–water partition coefficient (Wildman–Crippen LogP) is 2.58. The molecule has 1 aliphatic heterocycles. The topological polar surface area (TPSA) is 106 Å². The van der Waals surface area contributed by atoms with Crippen LogP contribution in [-0.4, -0.2) is 49.3 Å². The van der Waals surface area contributed by atoms with Gasteiger partial charge in [0.05, 0.1) is 42.4 Å². The highest BCUT2D eigenvalue weighted by atomic mass is 16.5. The van der Waals surface area contributed by atoms with E-state index in [0.29, 0.717) is 53.0 Å². The van der Waals surface area contributed by atoms with Crippen LogP contribution in [0, 0.1) is 6.92 Å². The number of fused-ring (bicyclic) bond motifs is 2. The lowest BCUT2D eigenvalue weighted by atomic mass is 10.0. The molecule has 2 N–H and O–H groups in total. The third-order valence-electron chi connectivity index (χ3n) is 5.15. The minimum atomic E-state index is -0.604. The van der Waals surface area contributed by atoms with E-state index in [9.17, 15) is 10.2 Å². The number of phenolic OH excluding ortho intramolecular Hbond substituents is 1. The van der Waals surface area contributed by atoms with Gasteiger partial charge < -0.3 is 23.9 Å². The first-order valence-electron chi connectivity index (χ1n) is 8.79. The molecule has 4 heterocycles. The number of aryl methyl sites for hydroxylation is 1. The molecule has 0 bridgehead atoms. The third kappa shape index (κ3) is 2.48. The molecule has 1 aliphatic rings. The molecule has 0 spiro atoms. The average molecular weight is 366 g/mol. The van der Waals surface area contributed by atoms with Crippen LogP contribution >= 0.6 is 0 Å². The van der Waals surface area contributed by atoms with E-state index in [2.05, 4.69) is 15.2 Å². The largest absolute Gasteiger partial charge is 0.506 e. The lowest BCUT2D eigenvalue weighted by molar-refractivity contribution is -0.0376. The van der Waals surface area contributed by atoms with E-state index in [1.807, 2.05) is 17.6 Å². The smallest absolute Gasteiger partial charge is 0.182 e. The summed E-state index contributed by atoms with van der Waals surface area (Å²) < 4.78 is 12.5. The van der Waals surface area contributed by atoms with E-state index in [-0.39, 0.29) is 11.8 Å². The van der Waals surface area contributed by atoms with Crippen molar-refractivity contribution < 1.29 is 19.4 Å². The minimum absolute atomic E-state index is 0.117. The molecule has 2 atom stereocenters. The fourth-order valence-electron chi connectivity index (χ4n) is 3.78. The normalized spacial score (nSPS) is 20.5. The number of phenols is 1. The van der Waals surface area contributed by atoms with Crippen molar-refractivity contribution in [2.24, 2.45) is 0 Å². The molecule has 0 amide bonds. The summed E-state index contributed by atoms with van der Waals surface area (Å²) in [6.07, 6.45) is 3.30. The highest BCUT2D eigenvalue weighted by molar-refractivity contribution is 5.93. The van der Waals surface area contributed by atoms with Gasteiger partial charge in [-0.2, -0.15) is 0 Å². The molecule has 1 saturated heterocycles. The first-order valence-corrected chi connectivity index (χ1v) is 8.79. The maximum atomic E-state index is 10.7. The molecule has 3 aromatic heterocycles. The van der Waals surface area contributed by atoms with E-state index in [1.165, 1.54) is 0 Å². The molecule has 8 nitrogen and oxygen atoms in total. The molecule has 0 unspecified atom stereocenters. The van der Waals surface area contributed by atoms with Gasteiger partial charge >= 0.3 is 0 Å². The Morgan fingerprint density at radius 3 is 3.00 bits per heavy atom. The van der Waals surface area contributed by atoms with Gasteiger partial charge in [0.1, 0.15) is 16.8 Å². The molecule has 0 aliphatic carbocycles. The van der Waals surface area contributed by atoms with E-state index in [1.54, 1.807) is 24.7 Å². The number of hydrogen-bond acceptors (Lipinski definition) is 7. The SMILES string of the molecule is Cc1cc2occc2c(O)c1-c1cc2ncn([C@@H]3CCOC[C@H]3O)c2nn1. The van der Waals surface area contributed by atoms with E-state index in [4.69, 9.17) is 9.15 Å². The van der Waals surface area contributed by atoms with Gasteiger partial charge in [0.2, 0.25) is 0 Å². The standard InChI is InChI=1S/C19H18N4O4/c1-10-6-16-11(2-5-27-16)18(25)17(10)12-7-13-19(22-21-12)23(9-20-13)14-3-4-26-8-15(14)24/h2,5-7,9,14-15,24-25H,3-4,8H2,1H3/t14-,15-/m1/s1. The summed E-state index contributed by atoms with van der Waals surface area (Å²) in [6.45, 7) is 2.78. The van der Waals surface area contributed by atoms with Gasteiger partial charge in [0.15, 0.2) is 5.65 Å². The Labute approximate surface area is 154 Å². The summed E-state index contributed by atoms with van der Waals surface area (Å²) in [7, 11) is 0. The van der Waals surface area contributed by atoms with Crippen LogP contribution in [0.1, 0.15) is 18.0 Å². The second-order valence-corrected chi connectivity index (χ2v) is 6.84. The Bertz CT molecular complexity index is 1150. The van der Waals surface area contributed by atoms with Crippen LogP contribution in [0.2, 0.25) is 0 Å². The zero-order valence-electron chi connectivity index (χ0n) is 14.7. The van der Waals surface area contributed by atoms with Gasteiger partial charge in [-0.25, -0.2) is 4.98 Å². The second kappa shape index (κ2) is 6.04. The predicted molar refractivity (Wildman–Crippen MR) is 97.4 cm³/mol. The van der Waals surface area contributed by atoms with Crippen LogP contribution < -0.4 is 0 Å². The number of imidazole rings is 1. The molecule has 1 aromatic carbocycles. The van der Waals surface area contributed by atoms with Gasteiger partial charge in [0.25, 0.3) is 0 Å². The molecule has 5 rings (SSSR count). The van der Waals surface area contributed by atoms with E-state index in [0.717, 1.165) is 5.56 Å². The van der Waals surface area contributed by atoms with Crippen LogP contribution in [0.15, 0.2) is 35.2 Å². The number of hydrogen-bond donors (Lipinski definition) is 2. The first-order chi connectivity index (χ1) is 13.1. The number of benzene rings is 1. The molecular weight excluding hydrogens is 348 g/mol. The summed E-state index contributed by atoms with van der Waals surface area (Å²) in [5.41, 5.74) is 3.87. The Morgan fingerprint density at radius 2 is 2.15 bits per heavy atom. The van der Waals surface area contributed by atoms with E-state index >= 15 is 0 Å². The monoisotopic (exact) mass is 366 g/mol.